The average molecular weight is 195 g/mol. The van der Waals surface area contributed by atoms with E-state index in [0.29, 0.717) is 6.61 Å². The molecule has 3 heteroatoms. The third-order valence-corrected chi connectivity index (χ3v) is 2.53. The lowest BCUT2D eigenvalue weighted by Crippen LogP contribution is -2.34. The monoisotopic (exact) mass is 195 g/mol. The van der Waals surface area contributed by atoms with Gasteiger partial charge in [-0.05, 0) is 30.2 Å². The fourth-order valence-electron chi connectivity index (χ4n) is 1.80. The Morgan fingerprint density at radius 1 is 1.50 bits per heavy atom. The van der Waals surface area contributed by atoms with Crippen LogP contribution in [0.15, 0.2) is 18.2 Å². The maximum absolute atomic E-state index is 12.9. The van der Waals surface area contributed by atoms with Crippen molar-refractivity contribution >= 4 is 0 Å². The Kier molecular flexibility index (Phi) is 2.79. The van der Waals surface area contributed by atoms with E-state index in [9.17, 15) is 4.39 Å². The van der Waals surface area contributed by atoms with Crippen LogP contribution in [0.4, 0.5) is 4.39 Å². The number of nitrogens with one attached hydrogen (secondary N) is 1. The van der Waals surface area contributed by atoms with E-state index in [2.05, 4.69) is 5.32 Å². The molecule has 1 aliphatic rings. The van der Waals surface area contributed by atoms with Crippen molar-refractivity contribution in [3.63, 3.8) is 0 Å². The molecular weight excluding hydrogens is 181 g/mol. The molecule has 0 spiro atoms. The van der Waals surface area contributed by atoms with Crippen LogP contribution in [0.2, 0.25) is 0 Å². The van der Waals surface area contributed by atoms with Gasteiger partial charge in [0.15, 0.2) is 0 Å². The zero-order chi connectivity index (χ0) is 9.97. The van der Waals surface area contributed by atoms with Gasteiger partial charge in [-0.3, -0.25) is 0 Å². The fraction of sp³-hybridized carbons (Fsp3) is 0.455. The van der Waals surface area contributed by atoms with Gasteiger partial charge < -0.3 is 10.1 Å². The summed E-state index contributed by atoms with van der Waals surface area (Å²) in [5.74, 6) is -0.178. The Balaban J connectivity index is 2.22. The highest BCUT2D eigenvalue weighted by molar-refractivity contribution is 5.29. The van der Waals surface area contributed by atoms with Gasteiger partial charge in [-0.25, -0.2) is 4.39 Å². The SMILES string of the molecule is Cc1cc(F)ccc1[C@@H]1COCCN1. The molecule has 1 fully saturated rings. The highest BCUT2D eigenvalue weighted by atomic mass is 19.1. The van der Waals surface area contributed by atoms with Crippen molar-refractivity contribution in [1.29, 1.82) is 0 Å². The van der Waals surface area contributed by atoms with Crippen LogP contribution in [0.25, 0.3) is 0 Å². The standard InChI is InChI=1S/C11H14FNO/c1-8-6-9(12)2-3-10(8)11-7-14-5-4-13-11/h2-3,6,11,13H,4-5,7H2,1H3/t11-/m0/s1. The molecule has 1 aromatic carbocycles. The van der Waals surface area contributed by atoms with E-state index in [4.69, 9.17) is 4.74 Å². The van der Waals surface area contributed by atoms with E-state index in [-0.39, 0.29) is 11.9 Å². The molecule has 0 unspecified atom stereocenters. The largest absolute Gasteiger partial charge is 0.378 e. The summed E-state index contributed by atoms with van der Waals surface area (Å²) in [4.78, 5) is 0. The molecule has 2 rings (SSSR count). The lowest BCUT2D eigenvalue weighted by Gasteiger charge is -2.25. The number of aryl methyl sites for hydroxylation is 1. The number of hydrogen-bond acceptors (Lipinski definition) is 2. The zero-order valence-corrected chi connectivity index (χ0v) is 8.22. The number of halogens is 1. The maximum atomic E-state index is 12.9. The predicted molar refractivity (Wildman–Crippen MR) is 52.7 cm³/mol. The molecule has 0 bridgehead atoms. The molecule has 0 aromatic heterocycles. The van der Waals surface area contributed by atoms with Gasteiger partial charge in [-0.15, -0.1) is 0 Å². The summed E-state index contributed by atoms with van der Waals surface area (Å²) >= 11 is 0. The van der Waals surface area contributed by atoms with E-state index < -0.39 is 0 Å². The third kappa shape index (κ3) is 1.94. The van der Waals surface area contributed by atoms with Crippen molar-refractivity contribution in [2.75, 3.05) is 19.8 Å². The first-order valence-electron chi connectivity index (χ1n) is 4.84. The molecule has 0 radical (unpaired) electrons. The van der Waals surface area contributed by atoms with Crippen molar-refractivity contribution in [2.45, 2.75) is 13.0 Å². The Labute approximate surface area is 83.1 Å². The highest BCUT2D eigenvalue weighted by Gasteiger charge is 2.16. The number of benzene rings is 1. The summed E-state index contributed by atoms with van der Waals surface area (Å²) in [6, 6.07) is 5.10. The van der Waals surface area contributed by atoms with Crippen molar-refractivity contribution in [1.82, 2.24) is 5.32 Å². The Hall–Kier alpha value is -0.930. The topological polar surface area (TPSA) is 21.3 Å². The average Bonchev–Trinajstić information content (AvgIpc) is 2.19. The first-order valence-corrected chi connectivity index (χ1v) is 4.84. The van der Waals surface area contributed by atoms with Gasteiger partial charge in [-0.2, -0.15) is 0 Å². The lowest BCUT2D eigenvalue weighted by molar-refractivity contribution is 0.0766. The molecule has 1 atom stereocenters. The third-order valence-electron chi connectivity index (χ3n) is 2.53. The van der Waals surface area contributed by atoms with Gasteiger partial charge >= 0.3 is 0 Å². The summed E-state index contributed by atoms with van der Waals surface area (Å²) in [7, 11) is 0. The smallest absolute Gasteiger partial charge is 0.123 e. The number of ether oxygens (including phenoxy) is 1. The van der Waals surface area contributed by atoms with E-state index in [1.807, 2.05) is 13.0 Å². The van der Waals surface area contributed by atoms with Crippen LogP contribution in [0.5, 0.6) is 0 Å². The molecule has 1 saturated heterocycles. The highest BCUT2D eigenvalue weighted by Crippen LogP contribution is 2.20. The van der Waals surface area contributed by atoms with Crippen molar-refractivity contribution in [3.05, 3.63) is 35.1 Å². The molecule has 0 aliphatic carbocycles. The fourth-order valence-corrected chi connectivity index (χ4v) is 1.80. The molecule has 1 aliphatic heterocycles. The van der Waals surface area contributed by atoms with Crippen molar-refractivity contribution in [2.24, 2.45) is 0 Å². The molecule has 0 saturated carbocycles. The van der Waals surface area contributed by atoms with Crippen LogP contribution in [0.3, 0.4) is 0 Å². The van der Waals surface area contributed by atoms with Crippen LogP contribution < -0.4 is 5.32 Å². The van der Waals surface area contributed by atoms with E-state index in [0.717, 1.165) is 24.3 Å². The minimum Gasteiger partial charge on any atom is -0.378 e. The second kappa shape index (κ2) is 4.07. The normalized spacial score (nSPS) is 22.3. The quantitative estimate of drug-likeness (QED) is 0.737. The van der Waals surface area contributed by atoms with Gasteiger partial charge in [0.05, 0.1) is 19.3 Å². The van der Waals surface area contributed by atoms with Crippen molar-refractivity contribution < 1.29 is 9.13 Å². The van der Waals surface area contributed by atoms with Gasteiger partial charge in [0, 0.05) is 6.54 Å². The van der Waals surface area contributed by atoms with Crippen LogP contribution in [0.1, 0.15) is 17.2 Å². The lowest BCUT2D eigenvalue weighted by atomic mass is 10.0. The van der Waals surface area contributed by atoms with Crippen LogP contribution in [0, 0.1) is 12.7 Å². The second-order valence-corrected chi connectivity index (χ2v) is 3.58. The van der Waals surface area contributed by atoms with Gasteiger partial charge in [0.1, 0.15) is 5.82 Å². The van der Waals surface area contributed by atoms with Crippen LogP contribution >= 0.6 is 0 Å². The molecule has 1 heterocycles. The molecule has 76 valence electrons. The maximum Gasteiger partial charge on any atom is 0.123 e. The zero-order valence-electron chi connectivity index (χ0n) is 8.22. The molecule has 1 N–H and O–H groups in total. The summed E-state index contributed by atoms with van der Waals surface area (Å²) < 4.78 is 18.2. The first-order chi connectivity index (χ1) is 6.77. The Bertz CT molecular complexity index is 321. The van der Waals surface area contributed by atoms with Gasteiger partial charge in [0.25, 0.3) is 0 Å². The molecule has 14 heavy (non-hydrogen) atoms. The van der Waals surface area contributed by atoms with Crippen molar-refractivity contribution in [3.8, 4) is 0 Å². The van der Waals surface area contributed by atoms with Gasteiger partial charge in [-0.1, -0.05) is 6.07 Å². The van der Waals surface area contributed by atoms with Crippen LogP contribution in [-0.2, 0) is 4.74 Å². The summed E-state index contributed by atoms with van der Waals surface area (Å²) in [6.07, 6.45) is 0. The van der Waals surface area contributed by atoms with E-state index >= 15 is 0 Å². The molecule has 0 amide bonds. The van der Waals surface area contributed by atoms with Crippen LogP contribution in [-0.4, -0.2) is 19.8 Å². The molecule has 1 aromatic rings. The van der Waals surface area contributed by atoms with Gasteiger partial charge in [0.2, 0.25) is 0 Å². The first kappa shape index (κ1) is 9.62. The summed E-state index contributed by atoms with van der Waals surface area (Å²) in [5.41, 5.74) is 2.11. The van der Waals surface area contributed by atoms with E-state index in [1.165, 1.54) is 6.07 Å². The molecule has 2 nitrogen and oxygen atoms in total. The molecular formula is C11H14FNO. The summed E-state index contributed by atoms with van der Waals surface area (Å²) in [6.45, 7) is 4.22. The minimum absolute atomic E-state index is 0.178. The Morgan fingerprint density at radius 2 is 2.36 bits per heavy atom. The predicted octanol–water partition coefficient (Wildman–Crippen LogP) is 1.80. The van der Waals surface area contributed by atoms with E-state index in [1.54, 1.807) is 6.07 Å². The second-order valence-electron chi connectivity index (χ2n) is 3.58. The number of morpholine rings is 1. The minimum atomic E-state index is -0.178. The number of rotatable bonds is 1. The Morgan fingerprint density at radius 3 is 3.00 bits per heavy atom. The number of hydrogen-bond donors (Lipinski definition) is 1. The summed E-state index contributed by atoms with van der Waals surface area (Å²) in [5, 5.41) is 3.35.